The minimum atomic E-state index is 0.741. The first-order valence-electron chi connectivity index (χ1n) is 5.05. The summed E-state index contributed by atoms with van der Waals surface area (Å²) in [6.45, 7) is 0. The molecule has 1 aromatic heterocycles. The van der Waals surface area contributed by atoms with E-state index >= 15 is 0 Å². The van der Waals surface area contributed by atoms with Crippen LogP contribution in [0.25, 0.3) is 0 Å². The molecule has 0 aliphatic carbocycles. The number of pyridine rings is 1. The van der Waals surface area contributed by atoms with E-state index in [9.17, 15) is 0 Å². The van der Waals surface area contributed by atoms with Gasteiger partial charge in [-0.1, -0.05) is 11.6 Å². The van der Waals surface area contributed by atoms with Gasteiger partial charge in [0.05, 0.1) is 5.69 Å². The van der Waals surface area contributed by atoms with E-state index in [0.717, 1.165) is 25.8 Å². The second kappa shape index (κ2) is 5.55. The number of halogens is 2. The van der Waals surface area contributed by atoms with Crippen molar-refractivity contribution in [1.82, 2.24) is 4.98 Å². The molecule has 5 heteroatoms. The lowest BCUT2D eigenvalue weighted by molar-refractivity contribution is 1.28. The number of nitrogens with one attached hydrogen (secondary N) is 2. The number of benzene rings is 1. The first-order valence-corrected chi connectivity index (χ1v) is 6.50. The van der Waals surface area contributed by atoms with Gasteiger partial charge in [0.2, 0.25) is 0 Å². The van der Waals surface area contributed by atoms with Gasteiger partial charge in [0.25, 0.3) is 0 Å². The smallest absolute Gasteiger partial charge is 0.127 e. The van der Waals surface area contributed by atoms with Crippen LogP contribution in [0.15, 0.2) is 36.5 Å². The predicted octanol–water partition coefficient (Wildman–Crippen LogP) is 4.12. The standard InChI is InChI=1S/C12H11ClIN3/c1-15-12-7-9(4-5-16-12)17-11-3-2-8(13)6-10(11)14/h2-7H,1H3,(H2,15,16,17). The van der Waals surface area contributed by atoms with Crippen molar-refractivity contribution in [3.63, 3.8) is 0 Å². The third-order valence-electron chi connectivity index (χ3n) is 2.23. The summed E-state index contributed by atoms with van der Waals surface area (Å²) in [4.78, 5) is 4.16. The van der Waals surface area contributed by atoms with Crippen molar-refractivity contribution in [2.75, 3.05) is 17.7 Å². The maximum atomic E-state index is 5.92. The van der Waals surface area contributed by atoms with Crippen molar-refractivity contribution in [1.29, 1.82) is 0 Å². The molecule has 3 nitrogen and oxygen atoms in total. The number of nitrogens with zero attached hydrogens (tertiary/aromatic N) is 1. The van der Waals surface area contributed by atoms with Crippen LogP contribution in [0.1, 0.15) is 0 Å². The number of hydrogen-bond donors (Lipinski definition) is 2. The lowest BCUT2D eigenvalue weighted by atomic mass is 10.3. The summed E-state index contributed by atoms with van der Waals surface area (Å²) in [6.07, 6.45) is 1.76. The van der Waals surface area contributed by atoms with Gasteiger partial charge >= 0.3 is 0 Å². The molecule has 0 atom stereocenters. The average molecular weight is 360 g/mol. The Morgan fingerprint density at radius 2 is 2.06 bits per heavy atom. The molecule has 1 heterocycles. The quantitative estimate of drug-likeness (QED) is 0.809. The molecule has 2 N–H and O–H groups in total. The van der Waals surface area contributed by atoms with Crippen LogP contribution in [0.2, 0.25) is 5.02 Å². The number of aromatic nitrogens is 1. The fourth-order valence-corrected chi connectivity index (χ4v) is 2.40. The highest BCUT2D eigenvalue weighted by atomic mass is 127. The zero-order valence-corrected chi connectivity index (χ0v) is 12.1. The van der Waals surface area contributed by atoms with Gasteiger partial charge in [-0.25, -0.2) is 4.98 Å². The molecule has 0 spiro atoms. The molecule has 0 amide bonds. The summed E-state index contributed by atoms with van der Waals surface area (Å²) >= 11 is 8.17. The van der Waals surface area contributed by atoms with Crippen LogP contribution in [0.5, 0.6) is 0 Å². The lowest BCUT2D eigenvalue weighted by Gasteiger charge is -2.09. The Hall–Kier alpha value is -1.01. The van der Waals surface area contributed by atoms with Gasteiger partial charge in [-0.15, -0.1) is 0 Å². The van der Waals surface area contributed by atoms with Crippen molar-refractivity contribution in [2.24, 2.45) is 0 Å². The van der Waals surface area contributed by atoms with E-state index in [2.05, 4.69) is 38.2 Å². The Balaban J connectivity index is 2.25. The summed E-state index contributed by atoms with van der Waals surface area (Å²) in [6, 6.07) is 9.62. The predicted molar refractivity (Wildman–Crippen MR) is 81.2 cm³/mol. The molecule has 2 aromatic rings. The molecular weight excluding hydrogens is 349 g/mol. The van der Waals surface area contributed by atoms with Crippen molar-refractivity contribution >= 4 is 51.4 Å². The van der Waals surface area contributed by atoms with Crippen molar-refractivity contribution in [3.8, 4) is 0 Å². The van der Waals surface area contributed by atoms with Gasteiger partial charge in [0.1, 0.15) is 5.82 Å². The normalized spacial score (nSPS) is 10.1. The highest BCUT2D eigenvalue weighted by Gasteiger charge is 2.01. The molecule has 0 saturated heterocycles. The first kappa shape index (κ1) is 12.4. The molecule has 0 bridgehead atoms. The minimum Gasteiger partial charge on any atom is -0.373 e. The van der Waals surface area contributed by atoms with Gasteiger partial charge < -0.3 is 10.6 Å². The van der Waals surface area contributed by atoms with E-state index in [4.69, 9.17) is 11.6 Å². The fraction of sp³-hybridized carbons (Fsp3) is 0.0833. The highest BCUT2D eigenvalue weighted by molar-refractivity contribution is 14.1. The van der Waals surface area contributed by atoms with Crippen LogP contribution >= 0.6 is 34.2 Å². The van der Waals surface area contributed by atoms with Crippen LogP contribution in [0.3, 0.4) is 0 Å². The molecule has 2 rings (SSSR count). The molecular formula is C12H11ClIN3. The lowest BCUT2D eigenvalue weighted by Crippen LogP contribution is -1.96. The summed E-state index contributed by atoms with van der Waals surface area (Å²) in [7, 11) is 1.85. The van der Waals surface area contributed by atoms with E-state index in [1.807, 2.05) is 37.4 Å². The average Bonchev–Trinajstić information content (AvgIpc) is 2.33. The molecule has 0 unspecified atom stereocenters. The number of hydrogen-bond acceptors (Lipinski definition) is 3. The van der Waals surface area contributed by atoms with Crippen molar-refractivity contribution < 1.29 is 0 Å². The number of anilines is 3. The summed E-state index contributed by atoms with van der Waals surface area (Å²) < 4.78 is 1.08. The number of rotatable bonds is 3. The van der Waals surface area contributed by atoms with E-state index in [1.54, 1.807) is 6.20 Å². The van der Waals surface area contributed by atoms with Gasteiger partial charge in [-0.05, 0) is 46.9 Å². The van der Waals surface area contributed by atoms with Crippen LogP contribution in [-0.2, 0) is 0 Å². The van der Waals surface area contributed by atoms with Gasteiger partial charge in [-0.3, -0.25) is 0 Å². The molecule has 1 aromatic carbocycles. The van der Waals surface area contributed by atoms with Crippen LogP contribution in [-0.4, -0.2) is 12.0 Å². The van der Waals surface area contributed by atoms with Crippen LogP contribution < -0.4 is 10.6 Å². The Morgan fingerprint density at radius 3 is 2.76 bits per heavy atom. The third-order valence-corrected chi connectivity index (χ3v) is 3.35. The summed E-state index contributed by atoms with van der Waals surface area (Å²) in [5.41, 5.74) is 2.02. The molecule has 88 valence electrons. The Bertz CT molecular complexity index is 531. The SMILES string of the molecule is CNc1cc(Nc2ccc(Cl)cc2I)ccn1. The first-order chi connectivity index (χ1) is 8.19. The van der Waals surface area contributed by atoms with E-state index in [-0.39, 0.29) is 0 Å². The molecule has 0 aliphatic heterocycles. The molecule has 0 aliphatic rings. The van der Waals surface area contributed by atoms with Crippen LogP contribution in [0.4, 0.5) is 17.2 Å². The molecule has 17 heavy (non-hydrogen) atoms. The molecule has 0 fully saturated rings. The van der Waals surface area contributed by atoms with E-state index < -0.39 is 0 Å². The zero-order valence-electron chi connectivity index (χ0n) is 9.17. The van der Waals surface area contributed by atoms with Gasteiger partial charge in [-0.2, -0.15) is 0 Å². The highest BCUT2D eigenvalue weighted by Crippen LogP contribution is 2.26. The molecule has 0 radical (unpaired) electrons. The zero-order chi connectivity index (χ0) is 12.3. The Morgan fingerprint density at radius 1 is 1.24 bits per heavy atom. The molecule has 0 saturated carbocycles. The van der Waals surface area contributed by atoms with Crippen molar-refractivity contribution in [3.05, 3.63) is 45.1 Å². The Labute approximate surface area is 119 Å². The van der Waals surface area contributed by atoms with E-state index in [0.29, 0.717) is 0 Å². The largest absolute Gasteiger partial charge is 0.373 e. The van der Waals surface area contributed by atoms with Gasteiger partial charge in [0, 0.05) is 33.6 Å². The summed E-state index contributed by atoms with van der Waals surface area (Å²) in [5, 5.41) is 7.07. The summed E-state index contributed by atoms with van der Waals surface area (Å²) in [5.74, 6) is 0.832. The van der Waals surface area contributed by atoms with Crippen molar-refractivity contribution in [2.45, 2.75) is 0 Å². The fourth-order valence-electron chi connectivity index (χ4n) is 1.39. The third kappa shape index (κ3) is 3.23. The van der Waals surface area contributed by atoms with Crippen LogP contribution in [0, 0.1) is 3.57 Å². The second-order valence-electron chi connectivity index (χ2n) is 3.43. The topological polar surface area (TPSA) is 37.0 Å². The van der Waals surface area contributed by atoms with Gasteiger partial charge in [0.15, 0.2) is 0 Å². The maximum absolute atomic E-state index is 5.92. The van der Waals surface area contributed by atoms with E-state index in [1.165, 1.54) is 0 Å². The maximum Gasteiger partial charge on any atom is 0.127 e. The minimum absolute atomic E-state index is 0.741. The second-order valence-corrected chi connectivity index (χ2v) is 5.03. The Kier molecular flexibility index (Phi) is 4.06. The monoisotopic (exact) mass is 359 g/mol.